The molecule has 3 aromatic carbocycles. The molecule has 234 valence electrons. The van der Waals surface area contributed by atoms with E-state index in [0.717, 1.165) is 22.8 Å². The number of hydrogen-bond acceptors (Lipinski definition) is 6. The van der Waals surface area contributed by atoms with Gasteiger partial charge in [-0.15, -0.1) is 0 Å². The maximum Gasteiger partial charge on any atom is 0.416 e. The average molecular weight is 622 g/mol. The molecule has 3 aromatic rings. The number of nitrogens with zero attached hydrogens (tertiary/aromatic N) is 2. The molecule has 2 heterocycles. The van der Waals surface area contributed by atoms with Gasteiger partial charge in [0, 0.05) is 13.0 Å². The van der Waals surface area contributed by atoms with Crippen LogP contribution in [0.4, 0.5) is 18.0 Å². The van der Waals surface area contributed by atoms with E-state index in [9.17, 15) is 32.3 Å². The molecule has 2 saturated heterocycles. The monoisotopic (exact) mass is 621 g/mol. The van der Waals surface area contributed by atoms with E-state index in [1.807, 2.05) is 30.3 Å². The molecule has 0 radical (unpaired) electrons. The SMILES string of the molecule is C=Cc1ccccc1[C@H]1N(OC(=O)CCC(=O)NCc2cccc(C(F)(F)F)c2)C(=O)[C@@]1(C)N1C(=O)OC[C@@H]1c1ccccc1. The van der Waals surface area contributed by atoms with Crippen LogP contribution in [0.1, 0.15) is 59.7 Å². The number of β-lactam (4-membered cyclic amide) rings is 1. The van der Waals surface area contributed by atoms with Crippen LogP contribution >= 0.6 is 0 Å². The summed E-state index contributed by atoms with van der Waals surface area (Å²) in [6, 6.07) is 19.2. The Hall–Kier alpha value is -5.13. The normalized spacial score (nSPS) is 21.2. The van der Waals surface area contributed by atoms with E-state index in [4.69, 9.17) is 9.57 Å². The number of cyclic esters (lactones) is 1. The smallest absolute Gasteiger partial charge is 0.416 e. The molecule has 0 aromatic heterocycles. The topological polar surface area (TPSA) is 105 Å². The highest BCUT2D eigenvalue weighted by molar-refractivity contribution is 5.98. The van der Waals surface area contributed by atoms with Crippen molar-refractivity contribution >= 4 is 30.0 Å². The van der Waals surface area contributed by atoms with Gasteiger partial charge < -0.3 is 14.9 Å². The Labute approximate surface area is 257 Å². The molecule has 12 heteroatoms. The quantitative estimate of drug-likeness (QED) is 0.290. The molecule has 5 rings (SSSR count). The summed E-state index contributed by atoms with van der Waals surface area (Å²) in [6.45, 7) is 5.29. The third-order valence-electron chi connectivity index (χ3n) is 7.97. The first-order chi connectivity index (χ1) is 21.4. The first-order valence-electron chi connectivity index (χ1n) is 14.1. The molecule has 45 heavy (non-hydrogen) atoms. The Morgan fingerprint density at radius 1 is 1.04 bits per heavy atom. The number of ether oxygens (including phenoxy) is 1. The average Bonchev–Trinajstić information content (AvgIpc) is 3.43. The van der Waals surface area contributed by atoms with Crippen LogP contribution in [-0.4, -0.2) is 46.0 Å². The van der Waals surface area contributed by atoms with E-state index in [1.165, 1.54) is 17.0 Å². The van der Waals surface area contributed by atoms with E-state index in [-0.39, 0.29) is 25.1 Å². The molecule has 0 aliphatic carbocycles. The molecule has 2 aliphatic heterocycles. The highest BCUT2D eigenvalue weighted by Crippen LogP contribution is 2.52. The van der Waals surface area contributed by atoms with E-state index in [1.54, 1.807) is 37.3 Å². The van der Waals surface area contributed by atoms with Crippen LogP contribution in [0.5, 0.6) is 0 Å². The second kappa shape index (κ2) is 12.5. The third kappa shape index (κ3) is 6.13. The summed E-state index contributed by atoms with van der Waals surface area (Å²) in [5.74, 6) is -2.14. The van der Waals surface area contributed by atoms with Crippen LogP contribution in [0.15, 0.2) is 85.4 Å². The number of carbonyl (C=O) groups is 4. The minimum absolute atomic E-state index is 0.0247. The van der Waals surface area contributed by atoms with Gasteiger partial charge in [-0.05, 0) is 41.3 Å². The second-order valence-electron chi connectivity index (χ2n) is 10.8. The summed E-state index contributed by atoms with van der Waals surface area (Å²) in [5, 5.41) is 3.39. The number of hydrogen-bond donors (Lipinski definition) is 1. The Bertz CT molecular complexity index is 1630. The summed E-state index contributed by atoms with van der Waals surface area (Å²) in [5.41, 5.74) is -0.110. The Morgan fingerprint density at radius 2 is 1.76 bits per heavy atom. The Balaban J connectivity index is 1.30. The van der Waals surface area contributed by atoms with Gasteiger partial charge in [0.15, 0.2) is 5.54 Å². The van der Waals surface area contributed by atoms with Gasteiger partial charge in [0.25, 0.3) is 5.91 Å². The first kappa shape index (κ1) is 31.3. The molecule has 0 unspecified atom stereocenters. The molecular weight excluding hydrogens is 591 g/mol. The standard InChI is InChI=1S/C33H30F3N3O6/c1-3-22-11-7-8-15-25(22)29-32(2,38-26(20-44-31(38)43)23-12-5-4-6-13-23)30(42)39(29)45-28(41)17-16-27(40)37-19-21-10-9-14-24(18-21)33(34,35)36/h3-15,18,26,29H,1,16-17,19-20H2,2H3,(H,37,40)/t26-,29-,32+/m1/s1. The van der Waals surface area contributed by atoms with Crippen molar-refractivity contribution < 1.29 is 41.9 Å². The van der Waals surface area contributed by atoms with Crippen molar-refractivity contribution in [3.8, 4) is 0 Å². The Kier molecular flexibility index (Phi) is 8.67. The minimum atomic E-state index is -4.52. The lowest BCUT2D eigenvalue weighted by atomic mass is 9.74. The lowest BCUT2D eigenvalue weighted by Gasteiger charge is -2.56. The predicted octanol–water partition coefficient (Wildman–Crippen LogP) is 5.74. The lowest BCUT2D eigenvalue weighted by molar-refractivity contribution is -0.256. The number of rotatable bonds is 10. The van der Waals surface area contributed by atoms with Gasteiger partial charge in [0.1, 0.15) is 12.6 Å². The van der Waals surface area contributed by atoms with Crippen molar-refractivity contribution in [2.45, 2.75) is 50.1 Å². The van der Waals surface area contributed by atoms with Crippen LogP contribution in [0.25, 0.3) is 6.08 Å². The van der Waals surface area contributed by atoms with Gasteiger partial charge >= 0.3 is 18.2 Å². The number of carbonyl (C=O) groups excluding carboxylic acids is 4. The molecule has 3 amide bonds. The molecule has 9 nitrogen and oxygen atoms in total. The van der Waals surface area contributed by atoms with Crippen molar-refractivity contribution in [3.05, 3.63) is 113 Å². The highest BCUT2D eigenvalue weighted by atomic mass is 19.4. The van der Waals surface area contributed by atoms with Crippen LogP contribution in [0.2, 0.25) is 0 Å². The van der Waals surface area contributed by atoms with Crippen molar-refractivity contribution in [1.82, 2.24) is 15.3 Å². The lowest BCUT2D eigenvalue weighted by Crippen LogP contribution is -2.74. The zero-order valence-electron chi connectivity index (χ0n) is 24.3. The summed E-state index contributed by atoms with van der Waals surface area (Å²) in [7, 11) is 0. The number of benzene rings is 3. The zero-order valence-corrected chi connectivity index (χ0v) is 24.3. The van der Waals surface area contributed by atoms with E-state index < -0.39 is 59.7 Å². The third-order valence-corrected chi connectivity index (χ3v) is 7.97. The van der Waals surface area contributed by atoms with Crippen LogP contribution in [0.3, 0.4) is 0 Å². The molecule has 2 aliphatic rings. The fraction of sp³-hybridized carbons (Fsp3) is 0.273. The summed E-state index contributed by atoms with van der Waals surface area (Å²) in [4.78, 5) is 59.1. The number of alkyl halides is 3. The maximum absolute atomic E-state index is 13.8. The van der Waals surface area contributed by atoms with Crippen LogP contribution in [0, 0.1) is 0 Å². The second-order valence-corrected chi connectivity index (χ2v) is 10.8. The van der Waals surface area contributed by atoms with Crippen molar-refractivity contribution in [2.75, 3.05) is 6.61 Å². The zero-order chi connectivity index (χ0) is 32.4. The van der Waals surface area contributed by atoms with Crippen molar-refractivity contribution in [1.29, 1.82) is 0 Å². The first-order valence-corrected chi connectivity index (χ1v) is 14.1. The molecule has 0 saturated carbocycles. The van der Waals surface area contributed by atoms with Crippen LogP contribution < -0.4 is 5.32 Å². The molecule has 0 bridgehead atoms. The fourth-order valence-electron chi connectivity index (χ4n) is 5.70. The molecular formula is C33H30F3N3O6. The number of halogens is 3. The fourth-order valence-corrected chi connectivity index (χ4v) is 5.70. The summed E-state index contributed by atoms with van der Waals surface area (Å²) >= 11 is 0. The summed E-state index contributed by atoms with van der Waals surface area (Å²) < 4.78 is 44.3. The predicted molar refractivity (Wildman–Crippen MR) is 156 cm³/mol. The van der Waals surface area contributed by atoms with E-state index >= 15 is 0 Å². The van der Waals surface area contributed by atoms with Crippen molar-refractivity contribution in [3.63, 3.8) is 0 Å². The number of hydroxylamine groups is 2. The van der Waals surface area contributed by atoms with Gasteiger partial charge in [-0.25, -0.2) is 9.59 Å². The van der Waals surface area contributed by atoms with Crippen LogP contribution in [-0.2, 0) is 36.7 Å². The van der Waals surface area contributed by atoms with Gasteiger partial charge in [-0.1, -0.05) is 79.4 Å². The van der Waals surface area contributed by atoms with Gasteiger partial charge in [-0.2, -0.15) is 18.2 Å². The van der Waals surface area contributed by atoms with E-state index in [0.29, 0.717) is 11.1 Å². The Morgan fingerprint density at radius 3 is 2.47 bits per heavy atom. The molecule has 0 spiro atoms. The van der Waals surface area contributed by atoms with Gasteiger partial charge in [0.2, 0.25) is 5.91 Å². The summed E-state index contributed by atoms with van der Waals surface area (Å²) in [6.07, 6.45) is -4.37. The molecule has 3 atom stereocenters. The minimum Gasteiger partial charge on any atom is -0.447 e. The van der Waals surface area contributed by atoms with E-state index in [2.05, 4.69) is 11.9 Å². The molecule has 1 N–H and O–H groups in total. The highest BCUT2D eigenvalue weighted by Gasteiger charge is 2.68. The number of nitrogens with one attached hydrogen (secondary N) is 1. The molecule has 2 fully saturated rings. The maximum atomic E-state index is 13.8. The van der Waals surface area contributed by atoms with Gasteiger partial charge in [0.05, 0.1) is 18.0 Å². The number of amides is 3. The van der Waals surface area contributed by atoms with Crippen molar-refractivity contribution in [2.24, 2.45) is 0 Å². The van der Waals surface area contributed by atoms with Gasteiger partial charge in [-0.3, -0.25) is 14.5 Å². The largest absolute Gasteiger partial charge is 0.447 e.